The van der Waals surface area contributed by atoms with Crippen molar-refractivity contribution >= 4 is 29.1 Å². The van der Waals surface area contributed by atoms with E-state index in [0.29, 0.717) is 29.6 Å². The standard InChI is InChI=1S/C13H15Cl2NO/c1-9-8-16(7-6-11(9)14)13(17)10-4-2-3-5-12(10)15/h2-5,9,11H,6-8H2,1H3. The molecule has 0 aromatic heterocycles. The largest absolute Gasteiger partial charge is 0.338 e. The van der Waals surface area contributed by atoms with Crippen LogP contribution in [-0.2, 0) is 0 Å². The lowest BCUT2D eigenvalue weighted by atomic mass is 9.99. The van der Waals surface area contributed by atoms with Crippen molar-refractivity contribution < 1.29 is 4.79 Å². The maximum absolute atomic E-state index is 12.3. The smallest absolute Gasteiger partial charge is 0.255 e. The molecule has 17 heavy (non-hydrogen) atoms. The van der Waals surface area contributed by atoms with Crippen LogP contribution >= 0.6 is 23.2 Å². The SMILES string of the molecule is CC1CN(C(=O)c2ccccc2Cl)CCC1Cl. The van der Waals surface area contributed by atoms with Crippen LogP contribution in [0.4, 0.5) is 0 Å². The molecule has 1 heterocycles. The number of carbonyl (C=O) groups excluding carboxylic acids is 1. The molecule has 4 heteroatoms. The Labute approximate surface area is 112 Å². The summed E-state index contributed by atoms with van der Waals surface area (Å²) in [7, 11) is 0. The zero-order valence-electron chi connectivity index (χ0n) is 9.70. The van der Waals surface area contributed by atoms with Gasteiger partial charge in [0.15, 0.2) is 0 Å². The van der Waals surface area contributed by atoms with Gasteiger partial charge in [-0.15, -0.1) is 11.6 Å². The van der Waals surface area contributed by atoms with Gasteiger partial charge in [-0.05, 0) is 24.5 Å². The Bertz CT molecular complexity index is 422. The molecular formula is C13H15Cl2NO. The highest BCUT2D eigenvalue weighted by atomic mass is 35.5. The maximum Gasteiger partial charge on any atom is 0.255 e. The number of nitrogens with zero attached hydrogens (tertiary/aromatic N) is 1. The van der Waals surface area contributed by atoms with Crippen molar-refractivity contribution in [3.05, 3.63) is 34.9 Å². The van der Waals surface area contributed by atoms with Crippen molar-refractivity contribution in [2.24, 2.45) is 5.92 Å². The van der Waals surface area contributed by atoms with Crippen LogP contribution in [0.15, 0.2) is 24.3 Å². The zero-order chi connectivity index (χ0) is 12.4. The average Bonchev–Trinajstić information content (AvgIpc) is 2.32. The molecule has 1 saturated heterocycles. The highest BCUT2D eigenvalue weighted by Crippen LogP contribution is 2.24. The van der Waals surface area contributed by atoms with Gasteiger partial charge in [0.25, 0.3) is 5.91 Å². The first-order valence-electron chi connectivity index (χ1n) is 5.77. The fourth-order valence-corrected chi connectivity index (χ4v) is 2.50. The molecule has 0 spiro atoms. The molecule has 0 radical (unpaired) electrons. The molecule has 0 N–H and O–H groups in total. The number of hydrogen-bond acceptors (Lipinski definition) is 1. The normalized spacial score (nSPS) is 24.8. The summed E-state index contributed by atoms with van der Waals surface area (Å²) in [5.41, 5.74) is 0.578. The maximum atomic E-state index is 12.3. The van der Waals surface area contributed by atoms with Crippen LogP contribution in [0.2, 0.25) is 5.02 Å². The van der Waals surface area contributed by atoms with Gasteiger partial charge in [-0.2, -0.15) is 0 Å². The Balaban J connectivity index is 2.14. The quantitative estimate of drug-likeness (QED) is 0.717. The van der Waals surface area contributed by atoms with Gasteiger partial charge in [-0.1, -0.05) is 30.7 Å². The topological polar surface area (TPSA) is 20.3 Å². The third kappa shape index (κ3) is 2.75. The van der Waals surface area contributed by atoms with E-state index in [1.807, 2.05) is 17.0 Å². The number of amides is 1. The highest BCUT2D eigenvalue weighted by Gasteiger charge is 2.28. The molecule has 2 atom stereocenters. The first kappa shape index (κ1) is 12.7. The minimum Gasteiger partial charge on any atom is -0.338 e. The van der Waals surface area contributed by atoms with Gasteiger partial charge < -0.3 is 4.90 Å². The van der Waals surface area contributed by atoms with Gasteiger partial charge in [0.05, 0.1) is 10.6 Å². The van der Waals surface area contributed by atoms with E-state index >= 15 is 0 Å². The predicted molar refractivity (Wildman–Crippen MR) is 70.8 cm³/mol. The Morgan fingerprint density at radius 3 is 2.76 bits per heavy atom. The molecule has 1 aromatic rings. The minimum atomic E-state index is 0.00557. The minimum absolute atomic E-state index is 0.00557. The monoisotopic (exact) mass is 271 g/mol. The fourth-order valence-electron chi connectivity index (χ4n) is 2.11. The van der Waals surface area contributed by atoms with Crippen molar-refractivity contribution in [2.45, 2.75) is 18.7 Å². The zero-order valence-corrected chi connectivity index (χ0v) is 11.2. The number of halogens is 2. The molecule has 0 saturated carbocycles. The Morgan fingerprint density at radius 1 is 1.41 bits per heavy atom. The molecule has 2 unspecified atom stereocenters. The highest BCUT2D eigenvalue weighted by molar-refractivity contribution is 6.33. The van der Waals surface area contributed by atoms with Gasteiger partial charge in [0.1, 0.15) is 0 Å². The van der Waals surface area contributed by atoms with Crippen molar-refractivity contribution in [1.29, 1.82) is 0 Å². The van der Waals surface area contributed by atoms with Crippen LogP contribution in [0.5, 0.6) is 0 Å². The van der Waals surface area contributed by atoms with Crippen LogP contribution in [0.3, 0.4) is 0 Å². The Hall–Kier alpha value is -0.730. The van der Waals surface area contributed by atoms with Crippen LogP contribution in [0, 0.1) is 5.92 Å². The number of benzene rings is 1. The van der Waals surface area contributed by atoms with E-state index in [1.165, 1.54) is 0 Å². The molecule has 0 aliphatic carbocycles. The molecular weight excluding hydrogens is 257 g/mol. The second-order valence-corrected chi connectivity index (χ2v) is 5.48. The lowest BCUT2D eigenvalue weighted by Crippen LogP contribution is -2.43. The molecule has 1 amide bonds. The first-order valence-corrected chi connectivity index (χ1v) is 6.59. The second kappa shape index (κ2) is 5.28. The third-order valence-electron chi connectivity index (χ3n) is 3.19. The third-order valence-corrected chi connectivity index (χ3v) is 4.17. The number of hydrogen-bond donors (Lipinski definition) is 0. The summed E-state index contributed by atoms with van der Waals surface area (Å²) in [6.45, 7) is 3.49. The van der Waals surface area contributed by atoms with E-state index in [4.69, 9.17) is 23.2 Å². The number of carbonyl (C=O) groups is 1. The van der Waals surface area contributed by atoms with Gasteiger partial charge >= 0.3 is 0 Å². The molecule has 2 rings (SSSR count). The lowest BCUT2D eigenvalue weighted by Gasteiger charge is -2.34. The van der Waals surface area contributed by atoms with Crippen molar-refractivity contribution in [1.82, 2.24) is 4.90 Å². The summed E-state index contributed by atoms with van der Waals surface area (Å²) in [6.07, 6.45) is 0.846. The van der Waals surface area contributed by atoms with Crippen LogP contribution in [0.1, 0.15) is 23.7 Å². The molecule has 1 aliphatic rings. The summed E-state index contributed by atoms with van der Waals surface area (Å²) in [6, 6.07) is 7.16. The lowest BCUT2D eigenvalue weighted by molar-refractivity contribution is 0.0687. The summed E-state index contributed by atoms with van der Waals surface area (Å²) in [4.78, 5) is 14.1. The van der Waals surface area contributed by atoms with Crippen LogP contribution in [-0.4, -0.2) is 29.3 Å². The van der Waals surface area contributed by atoms with E-state index in [-0.39, 0.29) is 11.3 Å². The first-order chi connectivity index (χ1) is 8.09. The molecule has 92 valence electrons. The summed E-state index contributed by atoms with van der Waals surface area (Å²) >= 11 is 12.2. The van der Waals surface area contributed by atoms with E-state index < -0.39 is 0 Å². The van der Waals surface area contributed by atoms with E-state index in [0.717, 1.165) is 6.42 Å². The second-order valence-electron chi connectivity index (χ2n) is 4.51. The summed E-state index contributed by atoms with van der Waals surface area (Å²) in [5, 5.41) is 0.684. The molecule has 1 fully saturated rings. The van der Waals surface area contributed by atoms with E-state index in [9.17, 15) is 4.79 Å². The molecule has 2 nitrogen and oxygen atoms in total. The number of rotatable bonds is 1. The van der Waals surface area contributed by atoms with Crippen molar-refractivity contribution in [2.75, 3.05) is 13.1 Å². The molecule has 1 aromatic carbocycles. The molecule has 1 aliphatic heterocycles. The van der Waals surface area contributed by atoms with Crippen LogP contribution in [0.25, 0.3) is 0 Å². The predicted octanol–water partition coefficient (Wildman–Crippen LogP) is 3.43. The average molecular weight is 272 g/mol. The van der Waals surface area contributed by atoms with E-state index in [1.54, 1.807) is 12.1 Å². The van der Waals surface area contributed by atoms with E-state index in [2.05, 4.69) is 6.92 Å². The van der Waals surface area contributed by atoms with Crippen LogP contribution < -0.4 is 0 Å². The Morgan fingerprint density at radius 2 is 2.12 bits per heavy atom. The van der Waals surface area contributed by atoms with Gasteiger partial charge in [-0.3, -0.25) is 4.79 Å². The Kier molecular flexibility index (Phi) is 3.95. The molecule has 0 bridgehead atoms. The fraction of sp³-hybridized carbons (Fsp3) is 0.462. The number of likely N-dealkylation sites (tertiary alicyclic amines) is 1. The summed E-state index contributed by atoms with van der Waals surface area (Å²) < 4.78 is 0. The van der Waals surface area contributed by atoms with Gasteiger partial charge in [0.2, 0.25) is 0 Å². The van der Waals surface area contributed by atoms with Crippen molar-refractivity contribution in [3.63, 3.8) is 0 Å². The number of piperidine rings is 1. The number of alkyl halides is 1. The van der Waals surface area contributed by atoms with Crippen molar-refractivity contribution in [3.8, 4) is 0 Å². The summed E-state index contributed by atoms with van der Waals surface area (Å²) in [5.74, 6) is 0.336. The van der Waals surface area contributed by atoms with Gasteiger partial charge in [-0.25, -0.2) is 0 Å². The van der Waals surface area contributed by atoms with Gasteiger partial charge in [0, 0.05) is 18.5 Å².